The SMILES string of the molecule is N#Cc1ccc(N2CCC(N3CCCC3)CC2)cc1. The molecule has 3 heteroatoms. The van der Waals surface area contributed by atoms with Gasteiger partial charge in [0.2, 0.25) is 0 Å². The highest BCUT2D eigenvalue weighted by molar-refractivity contribution is 5.50. The third-order valence-corrected chi connectivity index (χ3v) is 4.48. The van der Waals surface area contributed by atoms with Gasteiger partial charge in [-0.3, -0.25) is 0 Å². The van der Waals surface area contributed by atoms with Gasteiger partial charge in [0.05, 0.1) is 11.6 Å². The molecule has 0 aliphatic carbocycles. The van der Waals surface area contributed by atoms with Crippen molar-refractivity contribution in [1.82, 2.24) is 4.90 Å². The lowest BCUT2D eigenvalue weighted by atomic mass is 10.0. The molecule has 0 atom stereocenters. The molecule has 0 spiro atoms. The van der Waals surface area contributed by atoms with Gasteiger partial charge in [-0.2, -0.15) is 5.26 Å². The molecule has 3 nitrogen and oxygen atoms in total. The van der Waals surface area contributed by atoms with E-state index in [1.807, 2.05) is 12.1 Å². The van der Waals surface area contributed by atoms with Crippen molar-refractivity contribution in [2.24, 2.45) is 0 Å². The highest BCUT2D eigenvalue weighted by atomic mass is 15.2. The van der Waals surface area contributed by atoms with Crippen molar-refractivity contribution in [3.05, 3.63) is 29.8 Å². The van der Waals surface area contributed by atoms with Crippen molar-refractivity contribution in [2.75, 3.05) is 31.1 Å². The monoisotopic (exact) mass is 255 g/mol. The van der Waals surface area contributed by atoms with E-state index >= 15 is 0 Å². The van der Waals surface area contributed by atoms with E-state index in [1.165, 1.54) is 44.5 Å². The third kappa shape index (κ3) is 2.74. The zero-order chi connectivity index (χ0) is 13.1. The standard InChI is InChI=1S/C16H21N3/c17-13-14-3-5-15(6-4-14)19-11-7-16(8-12-19)18-9-1-2-10-18/h3-6,16H,1-2,7-12H2. The Morgan fingerprint density at radius 3 is 2.16 bits per heavy atom. The predicted octanol–water partition coefficient (Wildman–Crippen LogP) is 2.62. The number of anilines is 1. The number of nitrogens with zero attached hydrogens (tertiary/aromatic N) is 3. The van der Waals surface area contributed by atoms with E-state index in [-0.39, 0.29) is 0 Å². The molecule has 0 unspecified atom stereocenters. The Labute approximate surface area is 115 Å². The van der Waals surface area contributed by atoms with Gasteiger partial charge in [-0.1, -0.05) is 0 Å². The average Bonchev–Trinajstić information content (AvgIpc) is 3.02. The molecule has 100 valence electrons. The Kier molecular flexibility index (Phi) is 3.70. The Morgan fingerprint density at radius 2 is 1.58 bits per heavy atom. The number of nitriles is 1. The largest absolute Gasteiger partial charge is 0.371 e. The zero-order valence-electron chi connectivity index (χ0n) is 11.4. The lowest BCUT2D eigenvalue weighted by Gasteiger charge is -2.37. The fourth-order valence-corrected chi connectivity index (χ4v) is 3.34. The second-order valence-corrected chi connectivity index (χ2v) is 5.62. The molecule has 2 aliphatic rings. The lowest BCUT2D eigenvalue weighted by Crippen LogP contribution is -2.43. The van der Waals surface area contributed by atoms with Gasteiger partial charge in [0, 0.05) is 24.8 Å². The van der Waals surface area contributed by atoms with Crippen LogP contribution < -0.4 is 4.90 Å². The van der Waals surface area contributed by atoms with Crippen LogP contribution in [0.15, 0.2) is 24.3 Å². The van der Waals surface area contributed by atoms with Crippen molar-refractivity contribution in [3.63, 3.8) is 0 Å². The van der Waals surface area contributed by atoms with E-state index in [0.717, 1.165) is 24.7 Å². The van der Waals surface area contributed by atoms with Gasteiger partial charge >= 0.3 is 0 Å². The Morgan fingerprint density at radius 1 is 0.947 bits per heavy atom. The van der Waals surface area contributed by atoms with E-state index < -0.39 is 0 Å². The van der Waals surface area contributed by atoms with E-state index in [2.05, 4.69) is 28.0 Å². The fourth-order valence-electron chi connectivity index (χ4n) is 3.34. The predicted molar refractivity (Wildman–Crippen MR) is 77.2 cm³/mol. The van der Waals surface area contributed by atoms with Crippen LogP contribution in [-0.4, -0.2) is 37.1 Å². The van der Waals surface area contributed by atoms with Crippen LogP contribution in [0.2, 0.25) is 0 Å². The Balaban J connectivity index is 1.58. The van der Waals surface area contributed by atoms with Gasteiger partial charge in [-0.15, -0.1) is 0 Å². The molecule has 1 aromatic rings. The zero-order valence-corrected chi connectivity index (χ0v) is 11.4. The van der Waals surface area contributed by atoms with E-state index in [9.17, 15) is 0 Å². The van der Waals surface area contributed by atoms with Crippen LogP contribution in [-0.2, 0) is 0 Å². The summed E-state index contributed by atoms with van der Waals surface area (Å²) in [5.41, 5.74) is 2.01. The van der Waals surface area contributed by atoms with Crippen LogP contribution in [0, 0.1) is 11.3 Å². The van der Waals surface area contributed by atoms with Crippen molar-refractivity contribution in [3.8, 4) is 6.07 Å². The Bertz CT molecular complexity index is 446. The van der Waals surface area contributed by atoms with Gasteiger partial charge in [0.15, 0.2) is 0 Å². The minimum atomic E-state index is 0.746. The van der Waals surface area contributed by atoms with Crippen LogP contribution in [0.5, 0.6) is 0 Å². The number of likely N-dealkylation sites (tertiary alicyclic amines) is 1. The quantitative estimate of drug-likeness (QED) is 0.814. The molecule has 0 radical (unpaired) electrons. The first-order chi connectivity index (χ1) is 9.36. The van der Waals surface area contributed by atoms with Crippen molar-refractivity contribution >= 4 is 5.69 Å². The van der Waals surface area contributed by atoms with Crippen LogP contribution in [0.3, 0.4) is 0 Å². The van der Waals surface area contributed by atoms with E-state index in [4.69, 9.17) is 5.26 Å². The van der Waals surface area contributed by atoms with Crippen molar-refractivity contribution in [2.45, 2.75) is 31.7 Å². The molecule has 2 aliphatic heterocycles. The molecule has 1 aromatic carbocycles. The normalized spacial score (nSPS) is 21.5. The summed E-state index contributed by atoms with van der Waals surface area (Å²) in [4.78, 5) is 5.13. The van der Waals surface area contributed by atoms with Gasteiger partial charge in [-0.05, 0) is 63.0 Å². The first-order valence-corrected chi connectivity index (χ1v) is 7.36. The summed E-state index contributed by atoms with van der Waals surface area (Å²) in [7, 11) is 0. The molecular formula is C16H21N3. The molecule has 2 fully saturated rings. The second kappa shape index (κ2) is 5.63. The van der Waals surface area contributed by atoms with Gasteiger partial charge in [0.1, 0.15) is 0 Å². The summed E-state index contributed by atoms with van der Waals surface area (Å²) in [5, 5.41) is 8.83. The number of rotatable bonds is 2. The molecule has 2 saturated heterocycles. The maximum absolute atomic E-state index is 8.83. The summed E-state index contributed by atoms with van der Waals surface area (Å²) >= 11 is 0. The van der Waals surface area contributed by atoms with Gasteiger partial charge in [0.25, 0.3) is 0 Å². The molecule has 0 bridgehead atoms. The number of benzene rings is 1. The van der Waals surface area contributed by atoms with Crippen LogP contribution in [0.4, 0.5) is 5.69 Å². The maximum atomic E-state index is 8.83. The number of hydrogen-bond acceptors (Lipinski definition) is 3. The molecule has 19 heavy (non-hydrogen) atoms. The molecule has 2 heterocycles. The minimum absolute atomic E-state index is 0.746. The highest BCUT2D eigenvalue weighted by Gasteiger charge is 2.26. The third-order valence-electron chi connectivity index (χ3n) is 4.48. The second-order valence-electron chi connectivity index (χ2n) is 5.62. The topological polar surface area (TPSA) is 30.3 Å². The van der Waals surface area contributed by atoms with E-state index in [1.54, 1.807) is 0 Å². The summed E-state index contributed by atoms with van der Waals surface area (Å²) in [6, 6.07) is 11.0. The first kappa shape index (κ1) is 12.5. The summed E-state index contributed by atoms with van der Waals surface area (Å²) in [6.45, 7) is 4.91. The minimum Gasteiger partial charge on any atom is -0.371 e. The van der Waals surface area contributed by atoms with Crippen LogP contribution in [0.1, 0.15) is 31.2 Å². The van der Waals surface area contributed by atoms with Crippen molar-refractivity contribution < 1.29 is 0 Å². The summed E-state index contributed by atoms with van der Waals surface area (Å²) < 4.78 is 0. The van der Waals surface area contributed by atoms with Gasteiger partial charge in [-0.25, -0.2) is 0 Å². The molecule has 3 rings (SSSR count). The smallest absolute Gasteiger partial charge is 0.0991 e. The Hall–Kier alpha value is -1.53. The average molecular weight is 255 g/mol. The summed E-state index contributed by atoms with van der Waals surface area (Å²) in [5.74, 6) is 0. The van der Waals surface area contributed by atoms with Gasteiger partial charge < -0.3 is 9.80 Å². The number of hydrogen-bond donors (Lipinski definition) is 0. The van der Waals surface area contributed by atoms with Crippen LogP contribution in [0.25, 0.3) is 0 Å². The molecule has 0 amide bonds. The van der Waals surface area contributed by atoms with Crippen LogP contribution >= 0.6 is 0 Å². The first-order valence-electron chi connectivity index (χ1n) is 7.36. The lowest BCUT2D eigenvalue weighted by molar-refractivity contribution is 0.208. The highest BCUT2D eigenvalue weighted by Crippen LogP contribution is 2.24. The molecular weight excluding hydrogens is 234 g/mol. The molecule has 0 aromatic heterocycles. The summed E-state index contributed by atoms with van der Waals surface area (Å²) in [6.07, 6.45) is 5.33. The number of piperidine rings is 1. The molecule has 0 saturated carbocycles. The molecule has 0 N–H and O–H groups in total. The van der Waals surface area contributed by atoms with E-state index in [0.29, 0.717) is 0 Å². The fraction of sp³-hybridized carbons (Fsp3) is 0.562. The maximum Gasteiger partial charge on any atom is 0.0991 e. The van der Waals surface area contributed by atoms with Crippen molar-refractivity contribution in [1.29, 1.82) is 5.26 Å².